The van der Waals surface area contributed by atoms with Crippen LogP contribution < -0.4 is 4.90 Å². The number of para-hydroxylation sites is 2. The highest BCUT2D eigenvalue weighted by atomic mass is 15.2. The number of hydrogen-bond donors (Lipinski definition) is 0. The smallest absolute Gasteiger partial charge is 0.209 e. The number of rotatable bonds is 7. The predicted molar refractivity (Wildman–Crippen MR) is 173 cm³/mol. The van der Waals surface area contributed by atoms with Crippen LogP contribution in [0.15, 0.2) is 145 Å². The maximum Gasteiger partial charge on any atom is 0.209 e. The van der Waals surface area contributed by atoms with Crippen molar-refractivity contribution in [2.75, 3.05) is 19.0 Å². The number of nitrogens with zero attached hydrogens (tertiary/aromatic N) is 2. The summed E-state index contributed by atoms with van der Waals surface area (Å²) in [5, 5.41) is 0. The molecule has 2 aliphatic heterocycles. The number of allylic oxidation sites excluding steroid dienone is 6. The number of hydrogen-bond acceptors (Lipinski definition) is 1. The molecule has 0 bridgehead atoms. The Hall–Kier alpha value is -4.43. The average Bonchev–Trinajstić information content (AvgIpc) is 3.33. The van der Waals surface area contributed by atoms with E-state index in [0.717, 1.165) is 12.8 Å². The minimum Gasteiger partial charge on any atom is -0.347 e. The zero-order chi connectivity index (χ0) is 28.5. The van der Waals surface area contributed by atoms with Gasteiger partial charge in [-0.15, -0.1) is 0 Å². The second-order valence-electron chi connectivity index (χ2n) is 11.8. The van der Waals surface area contributed by atoms with Crippen molar-refractivity contribution in [2.45, 2.75) is 37.5 Å². The third-order valence-electron chi connectivity index (χ3n) is 9.10. The monoisotopic (exact) mass is 535 g/mol. The normalized spacial score (nSPS) is 22.7. The minimum atomic E-state index is -0.100. The molecule has 4 aromatic carbocycles. The Balaban J connectivity index is 1.30. The van der Waals surface area contributed by atoms with Crippen molar-refractivity contribution in [3.8, 4) is 0 Å². The molecule has 0 aromatic heterocycles. The zero-order valence-corrected chi connectivity index (χ0v) is 24.6. The van der Waals surface area contributed by atoms with Gasteiger partial charge in [0.2, 0.25) is 5.69 Å². The molecule has 0 fully saturated rings. The molecule has 2 unspecified atom stereocenters. The lowest BCUT2D eigenvalue weighted by Crippen LogP contribution is -2.33. The molecular weight excluding hydrogens is 496 g/mol. The molecule has 4 aromatic rings. The Labute approximate surface area is 245 Å². The lowest BCUT2D eigenvalue weighted by atomic mass is 9.74. The second-order valence-corrected chi connectivity index (χ2v) is 11.8. The van der Waals surface area contributed by atoms with Gasteiger partial charge in [0.1, 0.15) is 7.05 Å². The van der Waals surface area contributed by atoms with Gasteiger partial charge in [0.05, 0.1) is 5.41 Å². The molecule has 0 amide bonds. The highest BCUT2D eigenvalue weighted by Gasteiger charge is 2.46. The van der Waals surface area contributed by atoms with Crippen LogP contribution in [0.4, 0.5) is 11.4 Å². The van der Waals surface area contributed by atoms with Gasteiger partial charge in [-0.05, 0) is 55.5 Å². The largest absolute Gasteiger partial charge is 0.347 e. The van der Waals surface area contributed by atoms with Crippen LogP contribution in [0.3, 0.4) is 0 Å². The van der Waals surface area contributed by atoms with E-state index in [9.17, 15) is 0 Å². The maximum absolute atomic E-state index is 2.38. The molecule has 0 spiro atoms. The number of benzene rings is 4. The Morgan fingerprint density at radius 1 is 0.634 bits per heavy atom. The molecule has 2 nitrogen and oxygen atoms in total. The average molecular weight is 536 g/mol. The van der Waals surface area contributed by atoms with Gasteiger partial charge in [-0.25, -0.2) is 0 Å². The molecule has 0 radical (unpaired) electrons. The molecule has 2 aliphatic rings. The third-order valence-corrected chi connectivity index (χ3v) is 9.10. The van der Waals surface area contributed by atoms with E-state index >= 15 is 0 Å². The van der Waals surface area contributed by atoms with Crippen molar-refractivity contribution in [3.63, 3.8) is 0 Å². The molecule has 6 rings (SSSR count). The van der Waals surface area contributed by atoms with Crippen LogP contribution in [-0.2, 0) is 23.7 Å². The fraction of sp³-hybridized carbons (Fsp3) is 0.205. The van der Waals surface area contributed by atoms with Gasteiger partial charge in [-0.3, -0.25) is 0 Å². The highest BCUT2D eigenvalue weighted by Crippen LogP contribution is 2.49. The topological polar surface area (TPSA) is 6.25 Å². The lowest BCUT2D eigenvalue weighted by Gasteiger charge is -2.29. The summed E-state index contributed by atoms with van der Waals surface area (Å²) in [6.45, 7) is 4.76. The van der Waals surface area contributed by atoms with Gasteiger partial charge in [0, 0.05) is 41.6 Å². The van der Waals surface area contributed by atoms with Gasteiger partial charge in [0.15, 0.2) is 5.71 Å². The van der Waals surface area contributed by atoms with E-state index in [-0.39, 0.29) is 10.8 Å². The Kier molecular flexibility index (Phi) is 7.09. The first-order valence-electron chi connectivity index (χ1n) is 14.6. The van der Waals surface area contributed by atoms with Gasteiger partial charge in [-0.2, -0.15) is 4.58 Å². The standard InChI is InChI=1S/C39H39N2/c1-38(28-30-18-8-5-9-19-30)32-22-14-16-24-34(32)40(3)36(38)26-12-7-13-27-37-39(2,29-31-20-10-6-11-21-31)33-23-15-17-25-35(33)41(37)4/h5-27H,28-29H2,1-4H3/q+1. The van der Waals surface area contributed by atoms with Crippen LogP contribution in [0.25, 0.3) is 0 Å². The molecule has 0 saturated heterocycles. The minimum absolute atomic E-state index is 0.100. The summed E-state index contributed by atoms with van der Waals surface area (Å²) >= 11 is 0. The fourth-order valence-corrected chi connectivity index (χ4v) is 7.07. The van der Waals surface area contributed by atoms with E-state index in [1.165, 1.54) is 45.0 Å². The van der Waals surface area contributed by atoms with Gasteiger partial charge in [0.25, 0.3) is 0 Å². The number of fused-ring (bicyclic) bond motifs is 2. The van der Waals surface area contributed by atoms with Crippen LogP contribution in [0, 0.1) is 0 Å². The molecule has 2 heteroatoms. The van der Waals surface area contributed by atoms with E-state index in [1.54, 1.807) is 0 Å². The molecule has 204 valence electrons. The van der Waals surface area contributed by atoms with Crippen LogP contribution >= 0.6 is 0 Å². The SMILES string of the molecule is CN1/C(=C/C=C/C=C/C2=[N+](C)c3ccccc3C2(C)Cc2ccccc2)C(C)(Cc2ccccc2)c2ccccc21. The Bertz CT molecular complexity index is 1680. The molecule has 0 N–H and O–H groups in total. The fourth-order valence-electron chi connectivity index (χ4n) is 7.07. The van der Waals surface area contributed by atoms with Crippen molar-refractivity contribution in [2.24, 2.45) is 0 Å². The highest BCUT2D eigenvalue weighted by molar-refractivity contribution is 6.03. The third kappa shape index (κ3) is 4.78. The summed E-state index contributed by atoms with van der Waals surface area (Å²) < 4.78 is 2.36. The first kappa shape index (κ1) is 26.8. The quantitative estimate of drug-likeness (QED) is 0.170. The van der Waals surface area contributed by atoms with E-state index in [4.69, 9.17) is 0 Å². The second kappa shape index (κ2) is 10.9. The van der Waals surface area contributed by atoms with Crippen LogP contribution in [0.2, 0.25) is 0 Å². The van der Waals surface area contributed by atoms with Crippen molar-refractivity contribution < 1.29 is 4.58 Å². The summed E-state index contributed by atoms with van der Waals surface area (Å²) in [5.74, 6) is 0. The summed E-state index contributed by atoms with van der Waals surface area (Å²) in [4.78, 5) is 2.36. The first-order chi connectivity index (χ1) is 19.9. The molecule has 2 heterocycles. The van der Waals surface area contributed by atoms with E-state index < -0.39 is 0 Å². The molecular formula is C39H39N2+. The van der Waals surface area contributed by atoms with Crippen molar-refractivity contribution in [1.29, 1.82) is 0 Å². The number of likely N-dealkylation sites (N-methyl/N-ethyl adjacent to an activating group) is 1. The maximum atomic E-state index is 2.38. The summed E-state index contributed by atoms with van der Waals surface area (Å²) in [6.07, 6.45) is 13.1. The van der Waals surface area contributed by atoms with Gasteiger partial charge < -0.3 is 4.90 Å². The van der Waals surface area contributed by atoms with Gasteiger partial charge in [-0.1, -0.05) is 115 Å². The van der Waals surface area contributed by atoms with Gasteiger partial charge >= 0.3 is 0 Å². The van der Waals surface area contributed by atoms with Crippen molar-refractivity contribution in [3.05, 3.63) is 168 Å². The Morgan fingerprint density at radius 2 is 1.20 bits per heavy atom. The van der Waals surface area contributed by atoms with E-state index in [2.05, 4.69) is 177 Å². The van der Waals surface area contributed by atoms with E-state index in [1.807, 2.05) is 0 Å². The van der Waals surface area contributed by atoms with Crippen molar-refractivity contribution >= 4 is 17.1 Å². The molecule has 0 saturated carbocycles. The molecule has 0 aliphatic carbocycles. The Morgan fingerprint density at radius 3 is 1.88 bits per heavy atom. The lowest BCUT2D eigenvalue weighted by molar-refractivity contribution is -0.401. The van der Waals surface area contributed by atoms with Crippen molar-refractivity contribution in [1.82, 2.24) is 0 Å². The molecule has 2 atom stereocenters. The van der Waals surface area contributed by atoms with E-state index in [0.29, 0.717) is 0 Å². The van der Waals surface area contributed by atoms with Crippen LogP contribution in [0.1, 0.15) is 36.1 Å². The summed E-state index contributed by atoms with van der Waals surface area (Å²) in [5.41, 5.74) is 10.5. The number of anilines is 1. The predicted octanol–water partition coefficient (Wildman–Crippen LogP) is 8.56. The van der Waals surface area contributed by atoms with Crippen LogP contribution in [0.5, 0.6) is 0 Å². The molecule has 41 heavy (non-hydrogen) atoms. The zero-order valence-electron chi connectivity index (χ0n) is 24.6. The summed E-state index contributed by atoms with van der Waals surface area (Å²) in [7, 11) is 4.39. The summed E-state index contributed by atoms with van der Waals surface area (Å²) in [6, 6.07) is 39.3. The first-order valence-corrected chi connectivity index (χ1v) is 14.6. The van der Waals surface area contributed by atoms with Crippen LogP contribution in [-0.4, -0.2) is 24.4 Å².